The molecule has 0 radical (unpaired) electrons. The van der Waals surface area contributed by atoms with Crippen LogP contribution in [0.1, 0.15) is 83.1 Å². The van der Waals surface area contributed by atoms with Crippen molar-refractivity contribution < 1.29 is 53.1 Å². The number of hydrogen-bond acceptors (Lipinski definition) is 12. The Morgan fingerprint density at radius 1 is 0.234 bits per heavy atom. The summed E-state index contributed by atoms with van der Waals surface area (Å²) in [7, 11) is -11.8. The molecule has 0 heterocycles. The van der Waals surface area contributed by atoms with Gasteiger partial charge in [-0.2, -0.15) is 0 Å². The summed E-state index contributed by atoms with van der Waals surface area (Å²) < 4.78 is 72.7. The number of hydrogen-bond donors (Lipinski definition) is 0. The lowest BCUT2D eigenvalue weighted by Gasteiger charge is -2.29. The molecule has 4 aromatic carbocycles. The van der Waals surface area contributed by atoms with Crippen LogP contribution in [0.15, 0.2) is 97.1 Å². The average molecular weight is 957 g/mol. The maximum atomic E-state index is 6.10. The first-order valence-electron chi connectivity index (χ1n) is 23.2. The zero-order chi connectivity index (χ0) is 46.9. The highest BCUT2D eigenvalue weighted by Gasteiger charge is 2.46. The molecule has 0 aliphatic rings. The summed E-state index contributed by atoms with van der Waals surface area (Å²) in [5.41, 5.74) is 4.30. The lowest BCUT2D eigenvalue weighted by atomic mass is 10.1. The average Bonchev–Trinajstić information content (AvgIpc) is 3.30. The second-order valence-corrected chi connectivity index (χ2v) is 24.0. The Morgan fingerprint density at radius 2 is 0.438 bits per heavy atom. The highest BCUT2D eigenvalue weighted by atomic mass is 28.4. The third-order valence-corrected chi connectivity index (χ3v) is 21.7. The van der Waals surface area contributed by atoms with Crippen molar-refractivity contribution >= 4 is 56.0 Å². The van der Waals surface area contributed by atoms with Gasteiger partial charge in [0.25, 0.3) is 0 Å². The van der Waals surface area contributed by atoms with Gasteiger partial charge in [-0.25, -0.2) is 0 Å². The van der Waals surface area contributed by atoms with Crippen molar-refractivity contribution in [3.05, 3.63) is 97.1 Å². The van der Waals surface area contributed by atoms with Gasteiger partial charge in [0.1, 0.15) is 0 Å². The molecule has 16 heteroatoms. The standard InChI is InChI=1S/2C24H38O6Si2/c1-7-25-31(26-8-2,27-9-3)23-17-13-21(14-18-23)22-15-19-24(20-16-22)32(28-10-4,29-11-5)30-12-6;1-7-25-31(26-8-2,27-9-3)23-17-13-15-21(19-23)22-16-14-18-24(20-22)32(28-10-4,29-11-5)30-12-6/h2*13-20H,7-12H2,1-6H3. The van der Waals surface area contributed by atoms with Crippen LogP contribution in [-0.2, 0) is 53.1 Å². The van der Waals surface area contributed by atoms with Gasteiger partial charge in [0, 0.05) is 100 Å². The molecule has 0 bridgehead atoms. The quantitative estimate of drug-likeness (QED) is 0.0478. The summed E-state index contributed by atoms with van der Waals surface area (Å²) in [5.74, 6) is 0. The van der Waals surface area contributed by atoms with Gasteiger partial charge in [0.2, 0.25) is 0 Å². The SMILES string of the molecule is CCO[Si](OCC)(OCC)c1ccc(-c2ccc([Si](OCC)(OCC)OCC)cc2)cc1.CCO[Si](OCC)(OCC)c1cccc(-c2cccc([Si](OCC)(OCC)OCC)c2)c1. The van der Waals surface area contributed by atoms with Crippen molar-refractivity contribution in [1.29, 1.82) is 0 Å². The van der Waals surface area contributed by atoms with Crippen LogP contribution >= 0.6 is 0 Å². The molecule has 0 saturated carbocycles. The van der Waals surface area contributed by atoms with Gasteiger partial charge in [0.05, 0.1) is 0 Å². The normalized spacial score (nSPS) is 12.3. The van der Waals surface area contributed by atoms with Crippen LogP contribution in [0.25, 0.3) is 22.3 Å². The minimum atomic E-state index is -2.99. The molecule has 0 spiro atoms. The number of rotatable bonds is 30. The van der Waals surface area contributed by atoms with Crippen molar-refractivity contribution in [3.8, 4) is 22.3 Å². The molecule has 356 valence electrons. The fourth-order valence-electron chi connectivity index (χ4n) is 7.29. The largest absolute Gasteiger partial charge is 0.537 e. The summed E-state index contributed by atoms with van der Waals surface area (Å²) >= 11 is 0. The van der Waals surface area contributed by atoms with Crippen molar-refractivity contribution in [2.45, 2.75) is 83.1 Å². The first-order chi connectivity index (χ1) is 31.1. The van der Waals surface area contributed by atoms with Gasteiger partial charge >= 0.3 is 35.2 Å². The maximum absolute atomic E-state index is 6.10. The number of benzene rings is 4. The molecular formula is C48H76O12Si4. The highest BCUT2D eigenvalue weighted by molar-refractivity contribution is 6.77. The Balaban J connectivity index is 0.000000340. The molecule has 0 saturated heterocycles. The lowest BCUT2D eigenvalue weighted by molar-refractivity contribution is 0.0851. The minimum absolute atomic E-state index is 0.525. The van der Waals surface area contributed by atoms with Crippen LogP contribution in [0.2, 0.25) is 0 Å². The molecule has 0 unspecified atom stereocenters. The molecule has 12 nitrogen and oxygen atoms in total. The van der Waals surface area contributed by atoms with Crippen molar-refractivity contribution in [1.82, 2.24) is 0 Å². The zero-order valence-electron chi connectivity index (χ0n) is 40.6. The molecule has 0 fully saturated rings. The van der Waals surface area contributed by atoms with E-state index in [0.29, 0.717) is 79.3 Å². The van der Waals surface area contributed by atoms with E-state index in [4.69, 9.17) is 53.1 Å². The highest BCUT2D eigenvalue weighted by Crippen LogP contribution is 2.23. The maximum Gasteiger partial charge on any atom is 0.537 e. The molecule has 0 aromatic heterocycles. The van der Waals surface area contributed by atoms with Crippen LogP contribution in [0.5, 0.6) is 0 Å². The third kappa shape index (κ3) is 14.6. The van der Waals surface area contributed by atoms with Crippen molar-refractivity contribution in [2.75, 3.05) is 79.3 Å². The predicted octanol–water partition coefficient (Wildman–Crippen LogP) is 7.73. The molecule has 0 aliphatic heterocycles. The zero-order valence-corrected chi connectivity index (χ0v) is 44.6. The Labute approximate surface area is 389 Å². The first kappa shape index (κ1) is 55.6. The van der Waals surface area contributed by atoms with Gasteiger partial charge in [-0.05, 0) is 117 Å². The third-order valence-electron chi connectivity index (χ3n) is 9.59. The van der Waals surface area contributed by atoms with Crippen LogP contribution in [0.4, 0.5) is 0 Å². The van der Waals surface area contributed by atoms with Gasteiger partial charge in [0.15, 0.2) is 0 Å². The van der Waals surface area contributed by atoms with E-state index in [1.807, 2.05) is 107 Å². The second kappa shape index (κ2) is 29.1. The minimum Gasteiger partial charge on any atom is -0.370 e. The van der Waals surface area contributed by atoms with Crippen molar-refractivity contribution in [2.24, 2.45) is 0 Å². The lowest BCUT2D eigenvalue weighted by Crippen LogP contribution is -2.57. The molecule has 4 rings (SSSR count). The summed E-state index contributed by atoms with van der Waals surface area (Å²) in [5, 5.41) is 3.85. The van der Waals surface area contributed by atoms with E-state index >= 15 is 0 Å². The van der Waals surface area contributed by atoms with E-state index < -0.39 is 35.2 Å². The summed E-state index contributed by atoms with van der Waals surface area (Å²) in [6.45, 7) is 30.0. The fourth-order valence-corrected chi connectivity index (χ4v) is 17.3. The summed E-state index contributed by atoms with van der Waals surface area (Å²) in [6.07, 6.45) is 0. The fraction of sp³-hybridized carbons (Fsp3) is 0.500. The molecular weight excluding hydrogens is 881 g/mol. The summed E-state index contributed by atoms with van der Waals surface area (Å²) in [4.78, 5) is 0. The first-order valence-corrected chi connectivity index (χ1v) is 30.1. The van der Waals surface area contributed by atoms with Gasteiger partial charge in [-0.3, -0.25) is 0 Å². The van der Waals surface area contributed by atoms with E-state index in [1.54, 1.807) is 0 Å². The van der Waals surface area contributed by atoms with Crippen LogP contribution < -0.4 is 20.7 Å². The molecule has 0 N–H and O–H groups in total. The Bertz CT molecular complexity index is 1670. The van der Waals surface area contributed by atoms with Gasteiger partial charge < -0.3 is 53.1 Å². The summed E-state index contributed by atoms with van der Waals surface area (Å²) in [6, 6.07) is 33.0. The monoisotopic (exact) mass is 956 g/mol. The predicted molar refractivity (Wildman–Crippen MR) is 265 cm³/mol. The topological polar surface area (TPSA) is 111 Å². The Morgan fingerprint density at radius 3 is 0.641 bits per heavy atom. The van der Waals surface area contributed by atoms with E-state index in [1.165, 1.54) is 0 Å². The second-order valence-electron chi connectivity index (χ2n) is 13.7. The Kier molecular flexibility index (Phi) is 25.3. The molecule has 64 heavy (non-hydrogen) atoms. The molecule has 0 aliphatic carbocycles. The van der Waals surface area contributed by atoms with E-state index in [9.17, 15) is 0 Å². The van der Waals surface area contributed by atoms with Crippen LogP contribution in [0.3, 0.4) is 0 Å². The molecule has 0 amide bonds. The van der Waals surface area contributed by atoms with E-state index in [0.717, 1.165) is 43.0 Å². The van der Waals surface area contributed by atoms with E-state index in [2.05, 4.69) is 72.8 Å². The van der Waals surface area contributed by atoms with Crippen molar-refractivity contribution in [3.63, 3.8) is 0 Å². The van der Waals surface area contributed by atoms with E-state index in [-0.39, 0.29) is 0 Å². The Hall–Kier alpha value is -2.73. The van der Waals surface area contributed by atoms with Gasteiger partial charge in [-0.15, -0.1) is 0 Å². The molecule has 4 aromatic rings. The van der Waals surface area contributed by atoms with Gasteiger partial charge in [-0.1, -0.05) is 84.9 Å². The smallest absolute Gasteiger partial charge is 0.370 e. The van der Waals surface area contributed by atoms with Crippen LogP contribution in [0, 0.1) is 0 Å². The van der Waals surface area contributed by atoms with Crippen LogP contribution in [-0.4, -0.2) is 115 Å². The molecule has 0 atom stereocenters.